The van der Waals surface area contributed by atoms with Crippen LogP contribution in [0.3, 0.4) is 0 Å². The van der Waals surface area contributed by atoms with Gasteiger partial charge < -0.3 is 10.5 Å². The Balaban J connectivity index is 2.11. The van der Waals surface area contributed by atoms with Crippen molar-refractivity contribution in [1.82, 2.24) is 4.98 Å². The van der Waals surface area contributed by atoms with E-state index >= 15 is 0 Å². The van der Waals surface area contributed by atoms with E-state index in [1.54, 1.807) is 30.3 Å². The lowest BCUT2D eigenvalue weighted by Crippen LogP contribution is -2.38. The first kappa shape index (κ1) is 13.7. The van der Waals surface area contributed by atoms with E-state index in [0.717, 1.165) is 5.56 Å². The van der Waals surface area contributed by atoms with E-state index in [-0.39, 0.29) is 29.7 Å². The van der Waals surface area contributed by atoms with Crippen molar-refractivity contribution in [2.24, 2.45) is 0 Å². The second kappa shape index (κ2) is 4.92. The van der Waals surface area contributed by atoms with Crippen LogP contribution in [0.2, 0.25) is 0 Å². The van der Waals surface area contributed by atoms with Crippen LogP contribution in [0.15, 0.2) is 41.3 Å². The minimum atomic E-state index is -3.68. The molecule has 0 radical (unpaired) electrons. The van der Waals surface area contributed by atoms with Gasteiger partial charge in [-0.3, -0.25) is 0 Å². The van der Waals surface area contributed by atoms with Crippen molar-refractivity contribution >= 4 is 21.7 Å². The number of hydrogen-bond donors (Lipinski definition) is 1. The second-order valence-corrected chi connectivity index (χ2v) is 6.66. The number of nitrogens with zero attached hydrogens (tertiary/aromatic N) is 2. The molecule has 3 rings (SSSR count). The fraction of sp³-hybridized carbons (Fsp3) is 0.214. The summed E-state index contributed by atoms with van der Waals surface area (Å²) in [4.78, 5) is 4.34. The average Bonchev–Trinajstić information content (AvgIpc) is 2.46. The summed E-state index contributed by atoms with van der Waals surface area (Å²) in [5.41, 5.74) is 6.54. The maximum Gasteiger partial charge on any atom is 0.265 e. The van der Waals surface area contributed by atoms with Crippen LogP contribution in [0.5, 0.6) is 5.75 Å². The summed E-state index contributed by atoms with van der Waals surface area (Å²) in [5.74, 6) is 0.915. The van der Waals surface area contributed by atoms with Crippen molar-refractivity contribution < 1.29 is 13.2 Å². The van der Waals surface area contributed by atoms with Gasteiger partial charge in [-0.1, -0.05) is 12.1 Å². The number of pyridine rings is 1. The number of sulfonamides is 1. The molecule has 2 aromatic rings. The van der Waals surface area contributed by atoms with Crippen LogP contribution < -0.4 is 14.8 Å². The molecule has 21 heavy (non-hydrogen) atoms. The van der Waals surface area contributed by atoms with Gasteiger partial charge in [0, 0.05) is 0 Å². The Morgan fingerprint density at radius 3 is 2.86 bits per heavy atom. The van der Waals surface area contributed by atoms with Crippen LogP contribution in [0, 0.1) is 6.92 Å². The molecule has 0 saturated carbocycles. The van der Waals surface area contributed by atoms with E-state index in [1.165, 1.54) is 4.31 Å². The highest BCUT2D eigenvalue weighted by Crippen LogP contribution is 2.34. The molecule has 7 heteroatoms. The molecule has 1 aromatic heterocycles. The van der Waals surface area contributed by atoms with E-state index in [1.807, 2.05) is 13.0 Å². The molecule has 0 fully saturated rings. The minimum absolute atomic E-state index is 0.208. The number of anilines is 2. The summed E-state index contributed by atoms with van der Waals surface area (Å²) in [6.45, 7) is 2.34. The third-order valence-electron chi connectivity index (χ3n) is 3.23. The number of aryl methyl sites for hydroxylation is 1. The van der Waals surface area contributed by atoms with E-state index in [9.17, 15) is 8.42 Å². The molecule has 0 bridgehead atoms. The molecule has 2 heterocycles. The maximum atomic E-state index is 12.8. The van der Waals surface area contributed by atoms with Crippen LogP contribution in [0.25, 0.3) is 0 Å². The van der Waals surface area contributed by atoms with Gasteiger partial charge in [0.1, 0.15) is 12.4 Å². The third kappa shape index (κ3) is 2.40. The molecule has 0 aliphatic carbocycles. The fourth-order valence-electron chi connectivity index (χ4n) is 2.22. The molecule has 0 unspecified atom stereocenters. The smallest absolute Gasteiger partial charge is 0.265 e. The Kier molecular flexibility index (Phi) is 3.21. The average molecular weight is 305 g/mol. The molecule has 1 aliphatic heterocycles. The van der Waals surface area contributed by atoms with Crippen molar-refractivity contribution in [3.8, 4) is 5.75 Å². The molecular weight excluding hydrogens is 290 g/mol. The van der Waals surface area contributed by atoms with Gasteiger partial charge in [-0.25, -0.2) is 17.7 Å². The quantitative estimate of drug-likeness (QED) is 0.910. The van der Waals surface area contributed by atoms with E-state index in [4.69, 9.17) is 10.5 Å². The Labute approximate surface area is 123 Å². The third-order valence-corrected chi connectivity index (χ3v) is 5.01. The molecule has 6 nitrogen and oxygen atoms in total. The Morgan fingerprint density at radius 2 is 2.10 bits per heavy atom. The van der Waals surface area contributed by atoms with Gasteiger partial charge in [0.25, 0.3) is 10.0 Å². The summed E-state index contributed by atoms with van der Waals surface area (Å²) >= 11 is 0. The minimum Gasteiger partial charge on any atom is -0.488 e. The zero-order chi connectivity index (χ0) is 15.0. The highest BCUT2D eigenvalue weighted by Gasteiger charge is 2.31. The van der Waals surface area contributed by atoms with Gasteiger partial charge in [0.2, 0.25) is 0 Å². The molecule has 0 atom stereocenters. The topological polar surface area (TPSA) is 85.5 Å². The lowest BCUT2D eigenvalue weighted by atomic mass is 10.2. The van der Waals surface area contributed by atoms with Crippen molar-refractivity contribution in [3.63, 3.8) is 0 Å². The predicted molar refractivity (Wildman–Crippen MR) is 79.9 cm³/mol. The first-order valence-electron chi connectivity index (χ1n) is 6.47. The van der Waals surface area contributed by atoms with Gasteiger partial charge in [-0.15, -0.1) is 0 Å². The predicted octanol–water partition coefficient (Wildman–Crippen LogP) is 1.56. The van der Waals surface area contributed by atoms with Crippen LogP contribution in [0.1, 0.15) is 5.56 Å². The first-order chi connectivity index (χ1) is 9.98. The van der Waals surface area contributed by atoms with Crippen LogP contribution in [0.4, 0.5) is 11.6 Å². The summed E-state index contributed by atoms with van der Waals surface area (Å²) in [5, 5.41) is 0. The largest absolute Gasteiger partial charge is 0.488 e. The lowest BCUT2D eigenvalue weighted by Gasteiger charge is -2.29. The molecule has 1 aromatic carbocycles. The van der Waals surface area contributed by atoms with E-state index in [0.29, 0.717) is 5.75 Å². The van der Waals surface area contributed by atoms with Crippen LogP contribution >= 0.6 is 0 Å². The van der Waals surface area contributed by atoms with Crippen molar-refractivity contribution in [2.75, 3.05) is 23.2 Å². The molecule has 2 N–H and O–H groups in total. The highest BCUT2D eigenvalue weighted by molar-refractivity contribution is 7.92. The monoisotopic (exact) mass is 305 g/mol. The lowest BCUT2D eigenvalue weighted by molar-refractivity contribution is 0.314. The Morgan fingerprint density at radius 1 is 1.29 bits per heavy atom. The van der Waals surface area contributed by atoms with E-state index < -0.39 is 10.0 Å². The maximum absolute atomic E-state index is 12.8. The van der Waals surface area contributed by atoms with Crippen molar-refractivity contribution in [3.05, 3.63) is 42.0 Å². The number of benzene rings is 1. The van der Waals surface area contributed by atoms with Crippen LogP contribution in [-0.4, -0.2) is 26.6 Å². The SMILES string of the molecule is Cc1cccc(S(=O)(=O)N2CCOc3ccc(N)nc32)c1. The molecule has 1 aliphatic rings. The summed E-state index contributed by atoms with van der Waals surface area (Å²) in [6.07, 6.45) is 0. The number of ether oxygens (including phenoxy) is 1. The fourth-order valence-corrected chi connectivity index (χ4v) is 3.74. The number of fused-ring (bicyclic) bond motifs is 1. The highest BCUT2D eigenvalue weighted by atomic mass is 32.2. The van der Waals surface area contributed by atoms with Crippen LogP contribution in [-0.2, 0) is 10.0 Å². The summed E-state index contributed by atoms with van der Waals surface area (Å²) in [6, 6.07) is 10.00. The molecule has 110 valence electrons. The summed E-state index contributed by atoms with van der Waals surface area (Å²) < 4.78 is 32.3. The van der Waals surface area contributed by atoms with Gasteiger partial charge in [-0.2, -0.15) is 0 Å². The molecular formula is C14H15N3O3S. The van der Waals surface area contributed by atoms with Crippen molar-refractivity contribution in [1.29, 1.82) is 0 Å². The van der Waals surface area contributed by atoms with Gasteiger partial charge in [0.15, 0.2) is 11.6 Å². The van der Waals surface area contributed by atoms with E-state index in [2.05, 4.69) is 4.98 Å². The van der Waals surface area contributed by atoms with Gasteiger partial charge >= 0.3 is 0 Å². The number of nitrogen functional groups attached to an aromatic ring is 1. The van der Waals surface area contributed by atoms with Gasteiger partial charge in [0.05, 0.1) is 11.4 Å². The standard InChI is InChI=1S/C14H15N3O3S/c1-10-3-2-4-11(9-10)21(18,19)17-7-8-20-12-5-6-13(15)16-14(12)17/h2-6,9H,7-8H2,1H3,(H2,15,16). The number of rotatable bonds is 2. The Hall–Kier alpha value is -2.28. The van der Waals surface area contributed by atoms with Crippen molar-refractivity contribution in [2.45, 2.75) is 11.8 Å². The number of nitrogens with two attached hydrogens (primary N) is 1. The molecule has 0 saturated heterocycles. The van der Waals surface area contributed by atoms with Gasteiger partial charge in [-0.05, 0) is 36.8 Å². The summed E-state index contributed by atoms with van der Waals surface area (Å²) in [7, 11) is -3.68. The number of aromatic nitrogens is 1. The Bertz CT molecular complexity index is 790. The zero-order valence-electron chi connectivity index (χ0n) is 11.5. The number of hydrogen-bond acceptors (Lipinski definition) is 5. The normalized spacial score (nSPS) is 14.4. The first-order valence-corrected chi connectivity index (χ1v) is 7.91. The second-order valence-electron chi connectivity index (χ2n) is 4.80. The zero-order valence-corrected chi connectivity index (χ0v) is 12.3. The molecule has 0 amide bonds. The molecule has 0 spiro atoms.